The summed E-state index contributed by atoms with van der Waals surface area (Å²) in [6, 6.07) is 24.5. The number of halogens is 1. The van der Waals surface area contributed by atoms with Gasteiger partial charge in [-0.1, -0.05) is 76.6 Å². The Kier molecular flexibility index (Phi) is 5.17. The first-order chi connectivity index (χ1) is 16.9. The van der Waals surface area contributed by atoms with E-state index in [0.29, 0.717) is 18.0 Å². The quantitative estimate of drug-likeness (QED) is 0.280. The Bertz CT molecular complexity index is 1460. The molecule has 2 bridgehead atoms. The first kappa shape index (κ1) is 22.2. The minimum atomic E-state index is -0.857. The third kappa shape index (κ3) is 3.37. The Labute approximate surface area is 217 Å². The van der Waals surface area contributed by atoms with E-state index in [0.717, 1.165) is 32.4 Å². The third-order valence-electron chi connectivity index (χ3n) is 7.48. The number of fused-ring (bicyclic) bond motifs is 1. The molecule has 1 aromatic heterocycles. The van der Waals surface area contributed by atoms with Gasteiger partial charge in [-0.15, -0.1) is 11.3 Å². The maximum atomic E-state index is 13.9. The number of rotatable bonds is 4. The van der Waals surface area contributed by atoms with Gasteiger partial charge in [0.05, 0.1) is 11.1 Å². The lowest BCUT2D eigenvalue weighted by atomic mass is 9.49. The lowest BCUT2D eigenvalue weighted by Crippen LogP contribution is -2.53. The van der Waals surface area contributed by atoms with E-state index in [-0.39, 0.29) is 11.8 Å². The van der Waals surface area contributed by atoms with Crippen molar-refractivity contribution in [3.63, 3.8) is 0 Å². The largest absolute Gasteiger partial charge is 0.301 e. The maximum Gasteiger partial charge on any atom is 0.284 e. The van der Waals surface area contributed by atoms with E-state index in [1.807, 2.05) is 48.7 Å². The normalized spacial score (nSPS) is 23.7. The molecule has 1 amide bonds. The van der Waals surface area contributed by atoms with Crippen LogP contribution in [0.15, 0.2) is 82.6 Å². The number of nitrogens with zero attached hydrogens (tertiary/aromatic N) is 2. The topological polar surface area (TPSA) is 46.4 Å². The van der Waals surface area contributed by atoms with Gasteiger partial charge in [0.2, 0.25) is 5.91 Å². The predicted molar refractivity (Wildman–Crippen MR) is 143 cm³/mol. The highest BCUT2D eigenvalue weighted by molar-refractivity contribution is 9.10. The summed E-state index contributed by atoms with van der Waals surface area (Å²) in [4.78, 5) is 22.8. The molecule has 3 aliphatic carbocycles. The van der Waals surface area contributed by atoms with E-state index in [1.165, 1.54) is 16.9 Å². The summed E-state index contributed by atoms with van der Waals surface area (Å²) in [6.45, 7) is 10.3. The van der Waals surface area contributed by atoms with Crippen LogP contribution >= 0.6 is 27.3 Å². The van der Waals surface area contributed by atoms with Crippen molar-refractivity contribution in [2.75, 3.05) is 5.32 Å². The Morgan fingerprint density at radius 2 is 1.71 bits per heavy atom. The summed E-state index contributed by atoms with van der Waals surface area (Å²) in [6.07, 6.45) is 1.16. The van der Waals surface area contributed by atoms with Crippen molar-refractivity contribution in [3.8, 4) is 0 Å². The molecule has 1 N–H and O–H groups in total. The first-order valence-electron chi connectivity index (χ1n) is 11.5. The Morgan fingerprint density at radius 1 is 1.09 bits per heavy atom. The van der Waals surface area contributed by atoms with Crippen molar-refractivity contribution >= 4 is 38.3 Å². The van der Waals surface area contributed by atoms with Gasteiger partial charge < -0.3 is 5.32 Å². The second-order valence-electron chi connectivity index (χ2n) is 9.58. The van der Waals surface area contributed by atoms with Crippen LogP contribution in [0, 0.1) is 12.0 Å². The smallest absolute Gasteiger partial charge is 0.284 e. The second kappa shape index (κ2) is 8.15. The van der Waals surface area contributed by atoms with E-state index >= 15 is 0 Å². The van der Waals surface area contributed by atoms with Gasteiger partial charge in [0.1, 0.15) is 0 Å². The Balaban J connectivity index is 1.34. The number of hydrogen-bond acceptors (Lipinski definition) is 3. The highest BCUT2D eigenvalue weighted by Crippen LogP contribution is 2.64. The van der Waals surface area contributed by atoms with E-state index in [4.69, 9.17) is 11.6 Å². The van der Waals surface area contributed by atoms with Crippen LogP contribution in [0.1, 0.15) is 52.8 Å². The van der Waals surface area contributed by atoms with Gasteiger partial charge in [-0.2, -0.15) is 0 Å². The van der Waals surface area contributed by atoms with E-state index in [9.17, 15) is 4.79 Å². The Morgan fingerprint density at radius 3 is 2.34 bits per heavy atom. The van der Waals surface area contributed by atoms with E-state index in [2.05, 4.69) is 62.5 Å². The molecule has 3 aromatic carbocycles. The van der Waals surface area contributed by atoms with Gasteiger partial charge in [-0.05, 0) is 35.7 Å². The first-order valence-corrected chi connectivity index (χ1v) is 13.2. The molecule has 1 heterocycles. The van der Waals surface area contributed by atoms with E-state index in [1.54, 1.807) is 0 Å². The van der Waals surface area contributed by atoms with Crippen molar-refractivity contribution in [1.29, 1.82) is 0 Å². The van der Waals surface area contributed by atoms with Crippen LogP contribution in [-0.2, 0) is 16.8 Å². The highest BCUT2D eigenvalue weighted by atomic mass is 79.9. The zero-order valence-electron chi connectivity index (χ0n) is 19.1. The number of aromatic nitrogens is 1. The van der Waals surface area contributed by atoms with Gasteiger partial charge in [0.25, 0.3) is 5.54 Å². The molecule has 172 valence electrons. The molecule has 0 aliphatic heterocycles. The molecular weight excluding hydrogens is 518 g/mol. The average molecular weight is 540 g/mol. The lowest BCUT2D eigenvalue weighted by molar-refractivity contribution is -0.127. The molecule has 0 fully saturated rings. The van der Waals surface area contributed by atoms with Crippen LogP contribution in [0.2, 0.25) is 0 Å². The highest BCUT2D eigenvalue weighted by Gasteiger charge is 2.64. The minimum Gasteiger partial charge on any atom is -0.301 e. The van der Waals surface area contributed by atoms with Gasteiger partial charge in [-0.3, -0.25) is 9.64 Å². The van der Waals surface area contributed by atoms with Crippen molar-refractivity contribution in [2.45, 2.75) is 31.2 Å². The Hall–Kier alpha value is -3.27. The number of carbonyl (C=O) groups excluding carboxylic acids is 1. The lowest BCUT2D eigenvalue weighted by Gasteiger charge is -2.51. The van der Waals surface area contributed by atoms with Crippen LogP contribution in [0.5, 0.6) is 0 Å². The molecule has 6 heteroatoms. The maximum absolute atomic E-state index is 13.9. The zero-order valence-corrected chi connectivity index (χ0v) is 21.5. The number of hydrogen-bond donors (Lipinski definition) is 1. The van der Waals surface area contributed by atoms with Crippen LogP contribution in [-0.4, -0.2) is 10.9 Å². The molecular formula is C29H22BrN3OS. The van der Waals surface area contributed by atoms with Crippen LogP contribution in [0.25, 0.3) is 4.85 Å². The van der Waals surface area contributed by atoms with Crippen molar-refractivity contribution < 1.29 is 4.79 Å². The number of amides is 1. The van der Waals surface area contributed by atoms with Gasteiger partial charge in [-0.25, -0.2) is 11.6 Å². The molecule has 0 spiro atoms. The summed E-state index contributed by atoms with van der Waals surface area (Å²) in [7, 11) is 0. The standard InChI is InChI=1S/C29H22BrN3OS/c1-28(26(34)33-27-32-20(16-35-27)15-18-11-13-19(30)14-12-18)17-29(31-2)23-9-5-3-7-21(23)25(28)22-8-4-6-10-24(22)29/h3-14,16,25H,15,17H2,1H3,(H,32,33,34). The summed E-state index contributed by atoms with van der Waals surface area (Å²) >= 11 is 4.91. The predicted octanol–water partition coefficient (Wildman–Crippen LogP) is 7.15. The molecule has 7 rings (SSSR count). The third-order valence-corrected chi connectivity index (χ3v) is 8.81. The zero-order chi connectivity index (χ0) is 24.2. The van der Waals surface area contributed by atoms with Crippen molar-refractivity contribution in [1.82, 2.24) is 4.98 Å². The number of thiazole rings is 1. The minimum absolute atomic E-state index is 0.0796. The van der Waals surface area contributed by atoms with Crippen LogP contribution < -0.4 is 5.32 Å². The molecule has 0 saturated heterocycles. The fraction of sp³-hybridized carbons (Fsp3) is 0.207. The van der Waals surface area contributed by atoms with Gasteiger partial charge in [0.15, 0.2) is 5.13 Å². The monoisotopic (exact) mass is 539 g/mol. The van der Waals surface area contributed by atoms with Crippen molar-refractivity contribution in [2.24, 2.45) is 5.41 Å². The molecule has 4 nitrogen and oxygen atoms in total. The van der Waals surface area contributed by atoms with Gasteiger partial charge in [0, 0.05) is 39.7 Å². The van der Waals surface area contributed by atoms with E-state index < -0.39 is 11.0 Å². The van der Waals surface area contributed by atoms with Crippen LogP contribution in [0.4, 0.5) is 5.13 Å². The average Bonchev–Trinajstić information content (AvgIpc) is 3.32. The summed E-state index contributed by atoms with van der Waals surface area (Å²) in [5.74, 6) is -0.190. The summed E-state index contributed by atoms with van der Waals surface area (Å²) < 4.78 is 1.04. The number of nitrogens with one attached hydrogen (secondary N) is 1. The molecule has 0 radical (unpaired) electrons. The fourth-order valence-corrected chi connectivity index (χ4v) is 6.91. The van der Waals surface area contributed by atoms with Gasteiger partial charge >= 0.3 is 0 Å². The molecule has 3 aliphatic rings. The molecule has 1 unspecified atom stereocenters. The second-order valence-corrected chi connectivity index (χ2v) is 11.3. The molecule has 4 aromatic rings. The summed E-state index contributed by atoms with van der Waals surface area (Å²) in [5, 5.41) is 5.71. The number of carbonyl (C=O) groups is 1. The van der Waals surface area contributed by atoms with Crippen molar-refractivity contribution in [3.05, 3.63) is 128 Å². The summed E-state index contributed by atoms with van der Waals surface area (Å²) in [5.41, 5.74) is 4.71. The molecule has 0 saturated carbocycles. The number of benzene rings is 3. The van der Waals surface area contributed by atoms with Crippen LogP contribution in [0.3, 0.4) is 0 Å². The number of anilines is 1. The fourth-order valence-electron chi connectivity index (χ4n) is 5.94. The molecule has 1 atom stereocenters. The SMILES string of the molecule is [C-]#[N+]C12CC(C)(C(=O)Nc3nc(Cc4ccc(Br)cc4)cs3)C(c3ccccc31)c1ccccc12. The molecule has 35 heavy (non-hydrogen) atoms.